The summed E-state index contributed by atoms with van der Waals surface area (Å²) < 4.78 is 20.8. The first kappa shape index (κ1) is 17.0. The lowest BCUT2D eigenvalue weighted by molar-refractivity contribution is 0.0600. The van der Waals surface area contributed by atoms with Crippen LogP contribution in [0.3, 0.4) is 0 Å². The van der Waals surface area contributed by atoms with Gasteiger partial charge < -0.3 is 18.9 Å². The third-order valence-electron chi connectivity index (χ3n) is 3.20. The predicted molar refractivity (Wildman–Crippen MR) is 86.7 cm³/mol. The lowest BCUT2D eigenvalue weighted by Crippen LogP contribution is -2.02. The Kier molecular flexibility index (Phi) is 5.71. The highest BCUT2D eigenvalue weighted by atomic mass is 35.5. The number of carbonyl (C=O) groups excluding carboxylic acids is 1. The molecular weight excluding hydrogens is 320 g/mol. The molecule has 0 N–H and O–H groups in total. The van der Waals surface area contributed by atoms with Crippen LogP contribution < -0.4 is 14.2 Å². The van der Waals surface area contributed by atoms with Crippen LogP contribution in [0, 0.1) is 0 Å². The first-order valence-corrected chi connectivity index (χ1v) is 7.18. The number of halogens is 1. The van der Waals surface area contributed by atoms with Crippen LogP contribution in [-0.2, 0) is 11.3 Å². The molecule has 2 rings (SSSR count). The molecule has 0 bridgehead atoms. The zero-order valence-corrected chi connectivity index (χ0v) is 13.8. The van der Waals surface area contributed by atoms with Crippen LogP contribution in [-0.4, -0.2) is 27.3 Å². The topological polar surface area (TPSA) is 54.0 Å². The molecule has 0 unspecified atom stereocenters. The average molecular weight is 337 g/mol. The minimum atomic E-state index is -0.446. The van der Waals surface area contributed by atoms with Crippen molar-refractivity contribution in [3.8, 4) is 17.2 Å². The second-order valence-corrected chi connectivity index (χ2v) is 5.02. The largest absolute Gasteiger partial charge is 0.493 e. The molecule has 0 aliphatic rings. The number of benzene rings is 2. The number of esters is 1. The van der Waals surface area contributed by atoms with Crippen LogP contribution in [0.4, 0.5) is 0 Å². The molecule has 0 heterocycles. The fourth-order valence-corrected chi connectivity index (χ4v) is 2.23. The molecule has 5 nitrogen and oxygen atoms in total. The van der Waals surface area contributed by atoms with Crippen LogP contribution >= 0.6 is 11.6 Å². The van der Waals surface area contributed by atoms with Crippen LogP contribution in [0.25, 0.3) is 0 Å². The van der Waals surface area contributed by atoms with Crippen molar-refractivity contribution in [1.82, 2.24) is 0 Å². The number of rotatable bonds is 6. The van der Waals surface area contributed by atoms with E-state index in [2.05, 4.69) is 4.74 Å². The molecule has 0 saturated carbocycles. The predicted octanol–water partition coefficient (Wildman–Crippen LogP) is 3.72. The Hall–Kier alpha value is -2.40. The lowest BCUT2D eigenvalue weighted by atomic mass is 10.2. The zero-order valence-electron chi connectivity index (χ0n) is 13.1. The van der Waals surface area contributed by atoms with Crippen molar-refractivity contribution in [2.45, 2.75) is 6.61 Å². The SMILES string of the molecule is COC(=O)c1ccc(OCc2ccc(OC)c(OC)c2)c(Cl)c1. The second kappa shape index (κ2) is 7.74. The maximum atomic E-state index is 11.4. The van der Waals surface area contributed by atoms with Crippen molar-refractivity contribution in [2.24, 2.45) is 0 Å². The van der Waals surface area contributed by atoms with Gasteiger partial charge in [0.2, 0.25) is 0 Å². The standard InChI is InChI=1S/C17H17ClO5/c1-20-15-6-4-11(8-16(15)21-2)10-23-14-7-5-12(9-13(14)18)17(19)22-3/h4-9H,10H2,1-3H3. The van der Waals surface area contributed by atoms with E-state index >= 15 is 0 Å². The third kappa shape index (κ3) is 4.07. The molecule has 0 amide bonds. The Balaban J connectivity index is 2.10. The molecule has 0 fully saturated rings. The average Bonchev–Trinajstić information content (AvgIpc) is 2.59. The molecule has 0 saturated heterocycles. The Morgan fingerprint density at radius 1 is 0.957 bits per heavy atom. The highest BCUT2D eigenvalue weighted by Gasteiger charge is 2.10. The maximum absolute atomic E-state index is 11.4. The van der Waals surface area contributed by atoms with E-state index in [-0.39, 0.29) is 0 Å². The van der Waals surface area contributed by atoms with Crippen molar-refractivity contribution in [2.75, 3.05) is 21.3 Å². The Morgan fingerprint density at radius 3 is 2.26 bits per heavy atom. The van der Waals surface area contributed by atoms with Crippen molar-refractivity contribution in [3.63, 3.8) is 0 Å². The molecule has 0 radical (unpaired) electrons. The van der Waals surface area contributed by atoms with E-state index in [1.807, 2.05) is 12.1 Å². The number of hydrogen-bond acceptors (Lipinski definition) is 5. The highest BCUT2D eigenvalue weighted by Crippen LogP contribution is 2.30. The van der Waals surface area contributed by atoms with Crippen molar-refractivity contribution < 1.29 is 23.7 Å². The Morgan fingerprint density at radius 2 is 1.65 bits per heavy atom. The molecule has 0 spiro atoms. The summed E-state index contributed by atoms with van der Waals surface area (Å²) in [5.41, 5.74) is 1.27. The van der Waals surface area contributed by atoms with Gasteiger partial charge in [0.25, 0.3) is 0 Å². The number of methoxy groups -OCH3 is 3. The molecule has 0 aliphatic carbocycles. The van der Waals surface area contributed by atoms with Gasteiger partial charge in [-0.15, -0.1) is 0 Å². The van der Waals surface area contributed by atoms with E-state index in [1.54, 1.807) is 32.4 Å². The first-order chi connectivity index (χ1) is 11.1. The molecule has 0 atom stereocenters. The number of hydrogen-bond donors (Lipinski definition) is 0. The molecule has 0 aromatic heterocycles. The van der Waals surface area contributed by atoms with E-state index in [0.717, 1.165) is 5.56 Å². The third-order valence-corrected chi connectivity index (χ3v) is 3.49. The van der Waals surface area contributed by atoms with Crippen LogP contribution in [0.5, 0.6) is 17.2 Å². The van der Waals surface area contributed by atoms with Crippen molar-refractivity contribution in [3.05, 3.63) is 52.5 Å². The number of ether oxygens (including phenoxy) is 4. The summed E-state index contributed by atoms with van der Waals surface area (Å²) in [4.78, 5) is 11.4. The van der Waals surface area contributed by atoms with Crippen molar-refractivity contribution in [1.29, 1.82) is 0 Å². The fourth-order valence-electron chi connectivity index (χ4n) is 1.99. The van der Waals surface area contributed by atoms with E-state index in [4.69, 9.17) is 25.8 Å². The lowest BCUT2D eigenvalue weighted by Gasteiger charge is -2.12. The fraction of sp³-hybridized carbons (Fsp3) is 0.235. The van der Waals surface area contributed by atoms with Crippen LogP contribution in [0.2, 0.25) is 5.02 Å². The molecule has 2 aromatic carbocycles. The summed E-state index contributed by atoms with van der Waals surface area (Å²) in [6, 6.07) is 10.3. The van der Waals surface area contributed by atoms with Gasteiger partial charge in [-0.3, -0.25) is 0 Å². The quantitative estimate of drug-likeness (QED) is 0.752. The molecule has 122 valence electrons. The summed E-state index contributed by atoms with van der Waals surface area (Å²) in [5.74, 6) is 1.31. The first-order valence-electron chi connectivity index (χ1n) is 6.80. The van der Waals surface area contributed by atoms with Gasteiger partial charge in [-0.2, -0.15) is 0 Å². The van der Waals surface area contributed by atoms with Gasteiger partial charge in [-0.05, 0) is 35.9 Å². The van der Waals surface area contributed by atoms with Gasteiger partial charge in [0, 0.05) is 0 Å². The van der Waals surface area contributed by atoms with Crippen LogP contribution in [0.15, 0.2) is 36.4 Å². The van der Waals surface area contributed by atoms with Crippen molar-refractivity contribution >= 4 is 17.6 Å². The van der Waals surface area contributed by atoms with Gasteiger partial charge in [0.1, 0.15) is 12.4 Å². The summed E-state index contributed by atoms with van der Waals surface area (Å²) in [6.45, 7) is 0.303. The highest BCUT2D eigenvalue weighted by molar-refractivity contribution is 6.32. The zero-order chi connectivity index (χ0) is 16.8. The summed E-state index contributed by atoms with van der Waals surface area (Å²) in [6.07, 6.45) is 0. The van der Waals surface area contributed by atoms with Gasteiger partial charge in [0.05, 0.1) is 31.9 Å². The summed E-state index contributed by atoms with van der Waals surface area (Å²) >= 11 is 6.13. The molecular formula is C17H17ClO5. The minimum Gasteiger partial charge on any atom is -0.493 e. The van der Waals surface area contributed by atoms with Gasteiger partial charge in [0.15, 0.2) is 11.5 Å². The Bertz CT molecular complexity index is 699. The molecule has 23 heavy (non-hydrogen) atoms. The monoisotopic (exact) mass is 336 g/mol. The van der Waals surface area contributed by atoms with E-state index in [0.29, 0.717) is 34.4 Å². The maximum Gasteiger partial charge on any atom is 0.337 e. The minimum absolute atomic E-state index is 0.303. The molecule has 6 heteroatoms. The van der Waals surface area contributed by atoms with E-state index < -0.39 is 5.97 Å². The smallest absolute Gasteiger partial charge is 0.337 e. The molecule has 2 aromatic rings. The Labute approximate surface area is 139 Å². The summed E-state index contributed by atoms with van der Waals surface area (Å²) in [7, 11) is 4.47. The number of carbonyl (C=O) groups is 1. The van der Waals surface area contributed by atoms with Gasteiger partial charge >= 0.3 is 5.97 Å². The van der Waals surface area contributed by atoms with Crippen LogP contribution in [0.1, 0.15) is 15.9 Å². The van der Waals surface area contributed by atoms with Gasteiger partial charge in [-0.25, -0.2) is 4.79 Å². The normalized spacial score (nSPS) is 10.1. The summed E-state index contributed by atoms with van der Waals surface area (Å²) in [5, 5.41) is 0.341. The van der Waals surface area contributed by atoms with E-state index in [9.17, 15) is 4.79 Å². The molecule has 0 aliphatic heterocycles. The second-order valence-electron chi connectivity index (χ2n) is 4.61. The van der Waals surface area contributed by atoms with Gasteiger partial charge in [-0.1, -0.05) is 17.7 Å². The van der Waals surface area contributed by atoms with E-state index in [1.165, 1.54) is 13.2 Å².